The maximum Gasteiger partial charge on any atom is 0.216 e. The van der Waals surface area contributed by atoms with Crippen LogP contribution in [0.2, 0.25) is 0 Å². The molecule has 27 heavy (non-hydrogen) atoms. The molecule has 0 saturated heterocycles. The number of aromatic nitrogens is 1. The molecule has 0 aliphatic heterocycles. The van der Waals surface area contributed by atoms with Gasteiger partial charge < -0.3 is 4.42 Å². The normalized spacial score (nSPS) is 11.8. The Labute approximate surface area is 161 Å². The molecule has 2 heteroatoms. The Kier molecular flexibility index (Phi) is 4.30. The molecule has 2 aromatic carbocycles. The third-order valence-corrected chi connectivity index (χ3v) is 5.48. The van der Waals surface area contributed by atoms with Crippen LogP contribution in [-0.2, 0) is 13.5 Å². The average Bonchev–Trinajstić information content (AvgIpc) is 2.95. The Morgan fingerprint density at radius 3 is 2.41 bits per heavy atom. The fourth-order valence-electron chi connectivity index (χ4n) is 4.07. The van der Waals surface area contributed by atoms with Crippen molar-refractivity contribution < 1.29 is 8.98 Å². The number of fused-ring (bicyclic) bond motifs is 3. The first-order chi connectivity index (χ1) is 12.8. The second-order valence-electron chi connectivity index (χ2n) is 8.31. The molecule has 4 rings (SSSR count). The molecule has 4 aromatic rings. The molecule has 0 bridgehead atoms. The highest BCUT2D eigenvalue weighted by molar-refractivity contribution is 6.09. The molecule has 0 unspecified atom stereocenters. The first-order valence-electron chi connectivity index (χ1n) is 9.77. The number of hydrogen-bond acceptors (Lipinski definition) is 1. The van der Waals surface area contributed by atoms with Gasteiger partial charge in [0.05, 0.1) is 5.56 Å². The van der Waals surface area contributed by atoms with E-state index in [0.29, 0.717) is 5.92 Å². The van der Waals surface area contributed by atoms with Gasteiger partial charge in [0.15, 0.2) is 6.20 Å². The minimum Gasteiger partial charge on any atom is -0.455 e. The maximum absolute atomic E-state index is 6.38. The van der Waals surface area contributed by atoms with E-state index in [1.807, 2.05) is 0 Å². The van der Waals surface area contributed by atoms with Crippen LogP contribution in [0.1, 0.15) is 36.1 Å². The summed E-state index contributed by atoms with van der Waals surface area (Å²) in [6, 6.07) is 13.2. The number of hydrogen-bond donors (Lipinski definition) is 0. The Morgan fingerprint density at radius 1 is 0.926 bits per heavy atom. The molecular weight excluding hydrogens is 330 g/mol. The van der Waals surface area contributed by atoms with Crippen molar-refractivity contribution in [2.24, 2.45) is 13.0 Å². The first kappa shape index (κ1) is 17.8. The Bertz CT molecular complexity index is 1160. The number of aryl methyl sites for hydroxylation is 4. The van der Waals surface area contributed by atoms with Crippen LogP contribution in [0, 0.1) is 26.7 Å². The summed E-state index contributed by atoms with van der Waals surface area (Å²) in [6.07, 6.45) is 3.39. The Morgan fingerprint density at radius 2 is 1.67 bits per heavy atom. The molecule has 0 radical (unpaired) electrons. The summed E-state index contributed by atoms with van der Waals surface area (Å²) in [5.74, 6) is 0.651. The van der Waals surface area contributed by atoms with Crippen LogP contribution in [0.25, 0.3) is 33.2 Å². The van der Waals surface area contributed by atoms with Gasteiger partial charge in [0.2, 0.25) is 5.69 Å². The Balaban J connectivity index is 2.00. The zero-order chi connectivity index (χ0) is 19.3. The molecule has 0 aliphatic rings. The van der Waals surface area contributed by atoms with Crippen LogP contribution in [0.3, 0.4) is 0 Å². The van der Waals surface area contributed by atoms with Gasteiger partial charge in [0.25, 0.3) is 0 Å². The quantitative estimate of drug-likeness (QED) is 0.398. The standard InChI is InChI=1S/C25H28NO/c1-15(2)11-19-14-26(6)22(13-18(19)5)24-17(4)8-10-21-20-9-7-16(3)12-23(20)27-25(21)24/h7-10,12-15H,11H2,1-6H3/q+1. The lowest BCUT2D eigenvalue weighted by Gasteiger charge is -2.11. The molecule has 2 heterocycles. The highest BCUT2D eigenvalue weighted by atomic mass is 16.3. The number of nitrogens with zero attached hydrogens (tertiary/aromatic N) is 1. The minimum atomic E-state index is 0.651. The van der Waals surface area contributed by atoms with Crippen molar-refractivity contribution >= 4 is 21.9 Å². The van der Waals surface area contributed by atoms with Crippen LogP contribution in [0.4, 0.5) is 0 Å². The van der Waals surface area contributed by atoms with Crippen LogP contribution in [0.5, 0.6) is 0 Å². The highest BCUT2D eigenvalue weighted by Crippen LogP contribution is 2.37. The van der Waals surface area contributed by atoms with E-state index >= 15 is 0 Å². The van der Waals surface area contributed by atoms with Crippen LogP contribution >= 0.6 is 0 Å². The summed E-state index contributed by atoms with van der Waals surface area (Å²) < 4.78 is 8.63. The number of rotatable bonds is 3. The van der Waals surface area contributed by atoms with Crippen molar-refractivity contribution in [3.8, 4) is 11.3 Å². The number of benzene rings is 2. The summed E-state index contributed by atoms with van der Waals surface area (Å²) >= 11 is 0. The molecule has 0 aliphatic carbocycles. The van der Waals surface area contributed by atoms with Crippen molar-refractivity contribution in [3.63, 3.8) is 0 Å². The van der Waals surface area contributed by atoms with E-state index in [2.05, 4.69) is 88.8 Å². The van der Waals surface area contributed by atoms with Gasteiger partial charge in [-0.05, 0) is 55.9 Å². The summed E-state index contributed by atoms with van der Waals surface area (Å²) in [5.41, 5.74) is 9.59. The second kappa shape index (κ2) is 6.53. The summed E-state index contributed by atoms with van der Waals surface area (Å²) in [7, 11) is 2.14. The van der Waals surface area contributed by atoms with Crippen molar-refractivity contribution in [2.45, 2.75) is 41.0 Å². The third-order valence-electron chi connectivity index (χ3n) is 5.48. The van der Waals surface area contributed by atoms with Crippen molar-refractivity contribution in [3.05, 3.63) is 64.8 Å². The predicted molar refractivity (Wildman–Crippen MR) is 113 cm³/mol. The molecular formula is C25H28NO+. The van der Waals surface area contributed by atoms with Gasteiger partial charge in [-0.25, -0.2) is 4.57 Å². The summed E-state index contributed by atoms with van der Waals surface area (Å²) in [6.45, 7) is 11.0. The van der Waals surface area contributed by atoms with Gasteiger partial charge in [-0.3, -0.25) is 0 Å². The lowest BCUT2D eigenvalue weighted by Crippen LogP contribution is -2.32. The largest absolute Gasteiger partial charge is 0.455 e. The average molecular weight is 359 g/mol. The smallest absolute Gasteiger partial charge is 0.216 e. The molecule has 2 nitrogen and oxygen atoms in total. The van der Waals surface area contributed by atoms with E-state index in [0.717, 1.165) is 17.6 Å². The first-order valence-corrected chi connectivity index (χ1v) is 9.77. The SMILES string of the molecule is Cc1ccc2c(c1)oc1c(-c3cc(C)c(CC(C)C)c[n+]3C)c(C)ccc12. The lowest BCUT2D eigenvalue weighted by molar-refractivity contribution is -0.660. The van der Waals surface area contributed by atoms with Gasteiger partial charge in [-0.2, -0.15) is 0 Å². The van der Waals surface area contributed by atoms with Gasteiger partial charge in [0, 0.05) is 22.4 Å². The monoisotopic (exact) mass is 358 g/mol. The van der Waals surface area contributed by atoms with Crippen LogP contribution < -0.4 is 4.57 Å². The zero-order valence-corrected chi connectivity index (χ0v) is 17.2. The fourth-order valence-corrected chi connectivity index (χ4v) is 4.07. The third kappa shape index (κ3) is 3.03. The van der Waals surface area contributed by atoms with Crippen molar-refractivity contribution in [1.29, 1.82) is 0 Å². The van der Waals surface area contributed by atoms with E-state index < -0.39 is 0 Å². The van der Waals surface area contributed by atoms with E-state index in [1.165, 1.54) is 44.3 Å². The zero-order valence-electron chi connectivity index (χ0n) is 17.2. The number of pyridine rings is 1. The molecule has 0 atom stereocenters. The van der Waals surface area contributed by atoms with Crippen LogP contribution in [-0.4, -0.2) is 0 Å². The Hall–Kier alpha value is -2.61. The molecule has 0 N–H and O–H groups in total. The van der Waals surface area contributed by atoms with Gasteiger partial charge in [-0.1, -0.05) is 38.1 Å². The van der Waals surface area contributed by atoms with Crippen molar-refractivity contribution in [1.82, 2.24) is 0 Å². The molecule has 0 saturated carbocycles. The van der Waals surface area contributed by atoms with Gasteiger partial charge in [0.1, 0.15) is 18.2 Å². The predicted octanol–water partition coefficient (Wildman–Crippen LogP) is 6.20. The number of furan rings is 1. The highest BCUT2D eigenvalue weighted by Gasteiger charge is 2.22. The van der Waals surface area contributed by atoms with Gasteiger partial charge >= 0.3 is 0 Å². The molecule has 0 spiro atoms. The molecule has 2 aromatic heterocycles. The second-order valence-corrected chi connectivity index (χ2v) is 8.31. The topological polar surface area (TPSA) is 17.0 Å². The molecule has 138 valence electrons. The van der Waals surface area contributed by atoms with Crippen LogP contribution in [0.15, 0.2) is 47.0 Å². The lowest BCUT2D eigenvalue weighted by atomic mass is 9.96. The van der Waals surface area contributed by atoms with Crippen molar-refractivity contribution in [2.75, 3.05) is 0 Å². The molecule has 0 amide bonds. The summed E-state index contributed by atoms with van der Waals surface area (Å²) in [4.78, 5) is 0. The van der Waals surface area contributed by atoms with E-state index in [-0.39, 0.29) is 0 Å². The minimum absolute atomic E-state index is 0.651. The fraction of sp³-hybridized carbons (Fsp3) is 0.320. The maximum atomic E-state index is 6.38. The molecule has 0 fully saturated rings. The van der Waals surface area contributed by atoms with E-state index in [1.54, 1.807) is 0 Å². The van der Waals surface area contributed by atoms with E-state index in [9.17, 15) is 0 Å². The van der Waals surface area contributed by atoms with Gasteiger partial charge in [-0.15, -0.1) is 0 Å². The summed E-state index contributed by atoms with van der Waals surface area (Å²) in [5, 5.41) is 2.38. The van der Waals surface area contributed by atoms with E-state index in [4.69, 9.17) is 4.42 Å².